The molecule has 0 aliphatic rings. The van der Waals surface area contributed by atoms with E-state index in [1.54, 1.807) is 0 Å². The summed E-state index contributed by atoms with van der Waals surface area (Å²) in [6.07, 6.45) is -2.41. The van der Waals surface area contributed by atoms with Gasteiger partial charge in [0.2, 0.25) is 0 Å². The average molecular weight is 203 g/mol. The minimum atomic E-state index is -4.54. The highest BCUT2D eigenvalue weighted by molar-refractivity contribution is 5.54. The van der Waals surface area contributed by atoms with Gasteiger partial charge in [0, 0.05) is 6.20 Å². The van der Waals surface area contributed by atoms with Crippen molar-refractivity contribution < 1.29 is 13.2 Å². The van der Waals surface area contributed by atoms with E-state index in [9.17, 15) is 18.0 Å². The van der Waals surface area contributed by atoms with Crippen LogP contribution in [0.25, 0.3) is 5.52 Å². The summed E-state index contributed by atoms with van der Waals surface area (Å²) in [5.41, 5.74) is -2.27. The van der Waals surface area contributed by atoms with Crippen molar-refractivity contribution >= 4 is 5.52 Å². The molecule has 2 rings (SSSR count). The van der Waals surface area contributed by atoms with Crippen molar-refractivity contribution in [3.05, 3.63) is 34.5 Å². The monoisotopic (exact) mass is 203 g/mol. The Morgan fingerprint density at radius 2 is 2.14 bits per heavy atom. The Balaban J connectivity index is 2.87. The number of hydrogen-bond acceptors (Lipinski definition) is 2. The van der Waals surface area contributed by atoms with Crippen LogP contribution >= 0.6 is 0 Å². The van der Waals surface area contributed by atoms with Crippen LogP contribution in [0.4, 0.5) is 13.2 Å². The summed E-state index contributed by atoms with van der Waals surface area (Å²) in [4.78, 5) is 13.2. The van der Waals surface area contributed by atoms with Gasteiger partial charge in [-0.15, -0.1) is 0 Å². The molecule has 14 heavy (non-hydrogen) atoms. The highest BCUT2D eigenvalue weighted by Gasteiger charge is 2.34. The summed E-state index contributed by atoms with van der Waals surface area (Å²) in [5.74, 6) is 0. The van der Waals surface area contributed by atoms with Crippen LogP contribution < -0.4 is 5.56 Å². The number of H-pyrrole nitrogens is 1. The number of hydrogen-bond donors (Lipinski definition) is 1. The van der Waals surface area contributed by atoms with E-state index in [0.29, 0.717) is 0 Å². The van der Waals surface area contributed by atoms with E-state index in [-0.39, 0.29) is 0 Å². The summed E-state index contributed by atoms with van der Waals surface area (Å²) in [5, 5.41) is 3.54. The van der Waals surface area contributed by atoms with Gasteiger partial charge < -0.3 is 4.98 Å². The van der Waals surface area contributed by atoms with Gasteiger partial charge in [-0.25, -0.2) is 4.52 Å². The lowest BCUT2D eigenvalue weighted by molar-refractivity contribution is -0.136. The molecule has 2 aromatic rings. The zero-order valence-electron chi connectivity index (χ0n) is 6.67. The molecule has 0 fully saturated rings. The van der Waals surface area contributed by atoms with Crippen molar-refractivity contribution in [3.63, 3.8) is 0 Å². The van der Waals surface area contributed by atoms with Gasteiger partial charge in [-0.1, -0.05) is 0 Å². The first kappa shape index (κ1) is 8.79. The molecule has 4 nitrogen and oxygen atoms in total. The maximum Gasteiger partial charge on any atom is 0.418 e. The third kappa shape index (κ3) is 1.17. The van der Waals surface area contributed by atoms with Crippen molar-refractivity contribution in [2.24, 2.45) is 0 Å². The topological polar surface area (TPSA) is 50.2 Å². The molecule has 2 aromatic heterocycles. The standard InChI is InChI=1S/C7H4F3N3O/c8-7(9,10)4-1-2-13-5(4)6(14)11-3-12-13/h1-3H,(H,11,12,14). The molecule has 0 atom stereocenters. The molecule has 0 unspecified atom stereocenters. The zero-order chi connectivity index (χ0) is 10.3. The fourth-order valence-corrected chi connectivity index (χ4v) is 1.19. The Morgan fingerprint density at radius 3 is 2.79 bits per heavy atom. The lowest BCUT2D eigenvalue weighted by Gasteiger charge is -2.02. The van der Waals surface area contributed by atoms with Gasteiger partial charge in [-0.3, -0.25) is 4.79 Å². The van der Waals surface area contributed by atoms with E-state index < -0.39 is 22.8 Å². The van der Waals surface area contributed by atoms with Gasteiger partial charge in [0.25, 0.3) is 5.56 Å². The molecule has 0 bridgehead atoms. The number of aromatic amines is 1. The van der Waals surface area contributed by atoms with Crippen LogP contribution in [0, 0.1) is 0 Å². The molecular formula is C7H4F3N3O. The Hall–Kier alpha value is -1.79. The van der Waals surface area contributed by atoms with Gasteiger partial charge in [-0.2, -0.15) is 18.3 Å². The van der Waals surface area contributed by atoms with E-state index in [0.717, 1.165) is 23.1 Å². The van der Waals surface area contributed by atoms with Crippen LogP contribution in [0.2, 0.25) is 0 Å². The summed E-state index contributed by atoms with van der Waals surface area (Å²) < 4.78 is 37.9. The second-order valence-electron chi connectivity index (χ2n) is 2.64. The van der Waals surface area contributed by atoms with Crippen molar-refractivity contribution in [1.29, 1.82) is 0 Å². The summed E-state index contributed by atoms with van der Waals surface area (Å²) >= 11 is 0. The summed E-state index contributed by atoms with van der Waals surface area (Å²) in [7, 11) is 0. The Labute approximate surface area is 75.0 Å². The first-order chi connectivity index (χ1) is 6.50. The average Bonchev–Trinajstić information content (AvgIpc) is 2.47. The Kier molecular flexibility index (Phi) is 1.63. The van der Waals surface area contributed by atoms with Gasteiger partial charge in [0.1, 0.15) is 11.8 Å². The number of alkyl halides is 3. The van der Waals surface area contributed by atoms with Crippen LogP contribution in [0.1, 0.15) is 5.56 Å². The lowest BCUT2D eigenvalue weighted by Crippen LogP contribution is -2.15. The number of rotatable bonds is 0. The SMILES string of the molecule is O=c1[nH]cnn2ccc(C(F)(F)F)c12. The fraction of sp³-hybridized carbons (Fsp3) is 0.143. The molecule has 0 radical (unpaired) electrons. The minimum Gasteiger partial charge on any atom is -0.310 e. The van der Waals surface area contributed by atoms with E-state index >= 15 is 0 Å². The van der Waals surface area contributed by atoms with Crippen molar-refractivity contribution in [2.45, 2.75) is 6.18 Å². The second kappa shape index (κ2) is 2.60. The molecule has 2 heterocycles. The Morgan fingerprint density at radius 1 is 1.43 bits per heavy atom. The Bertz CT molecular complexity index is 525. The normalized spacial score (nSPS) is 12.2. The van der Waals surface area contributed by atoms with Gasteiger partial charge in [0.05, 0.1) is 5.56 Å². The smallest absolute Gasteiger partial charge is 0.310 e. The number of fused-ring (bicyclic) bond motifs is 1. The number of aromatic nitrogens is 3. The van der Waals surface area contributed by atoms with Crippen molar-refractivity contribution in [2.75, 3.05) is 0 Å². The first-order valence-corrected chi connectivity index (χ1v) is 3.62. The molecule has 74 valence electrons. The molecule has 0 aliphatic carbocycles. The molecule has 0 saturated carbocycles. The third-order valence-corrected chi connectivity index (χ3v) is 1.76. The van der Waals surface area contributed by atoms with Crippen molar-refractivity contribution in [1.82, 2.24) is 14.6 Å². The predicted molar refractivity (Wildman–Crippen MR) is 40.8 cm³/mol. The maximum atomic E-state index is 12.3. The van der Waals surface area contributed by atoms with Gasteiger partial charge in [-0.05, 0) is 6.07 Å². The lowest BCUT2D eigenvalue weighted by atomic mass is 10.3. The maximum absolute atomic E-state index is 12.3. The van der Waals surface area contributed by atoms with Crippen LogP contribution in [-0.4, -0.2) is 14.6 Å². The number of nitrogens with zero attached hydrogens (tertiary/aromatic N) is 2. The predicted octanol–water partition coefficient (Wildman–Crippen LogP) is 1.04. The van der Waals surface area contributed by atoms with E-state index in [4.69, 9.17) is 0 Å². The van der Waals surface area contributed by atoms with Gasteiger partial charge >= 0.3 is 6.18 Å². The van der Waals surface area contributed by atoms with Gasteiger partial charge in [0.15, 0.2) is 0 Å². The van der Waals surface area contributed by atoms with Crippen LogP contribution in [0.15, 0.2) is 23.4 Å². The molecule has 0 amide bonds. The first-order valence-electron chi connectivity index (χ1n) is 3.62. The quantitative estimate of drug-likeness (QED) is 0.695. The largest absolute Gasteiger partial charge is 0.418 e. The molecule has 0 spiro atoms. The number of nitrogens with one attached hydrogen (secondary N) is 1. The van der Waals surface area contributed by atoms with Crippen molar-refractivity contribution in [3.8, 4) is 0 Å². The minimum absolute atomic E-state index is 0.486. The number of halogens is 3. The van der Waals surface area contributed by atoms with E-state index in [1.165, 1.54) is 0 Å². The van der Waals surface area contributed by atoms with Crippen LogP contribution in [0.3, 0.4) is 0 Å². The summed E-state index contributed by atoms with van der Waals surface area (Å²) in [6.45, 7) is 0. The molecule has 7 heteroatoms. The highest BCUT2D eigenvalue weighted by atomic mass is 19.4. The molecular weight excluding hydrogens is 199 g/mol. The summed E-state index contributed by atoms with van der Waals surface area (Å²) in [6, 6.07) is 0.817. The molecule has 0 aliphatic heterocycles. The van der Waals surface area contributed by atoms with E-state index in [1.807, 2.05) is 0 Å². The third-order valence-electron chi connectivity index (χ3n) is 1.76. The zero-order valence-corrected chi connectivity index (χ0v) is 6.67. The van der Waals surface area contributed by atoms with Crippen LogP contribution in [-0.2, 0) is 6.18 Å². The van der Waals surface area contributed by atoms with Crippen LogP contribution in [0.5, 0.6) is 0 Å². The van der Waals surface area contributed by atoms with E-state index in [2.05, 4.69) is 10.1 Å². The highest BCUT2D eigenvalue weighted by Crippen LogP contribution is 2.31. The molecule has 0 saturated heterocycles. The molecule has 0 aromatic carbocycles. The second-order valence-corrected chi connectivity index (χ2v) is 2.64. The molecule has 1 N–H and O–H groups in total. The fourth-order valence-electron chi connectivity index (χ4n) is 1.19.